The molecule has 0 unspecified atom stereocenters. The fraction of sp³-hybridized carbons (Fsp3) is 1.00. The highest BCUT2D eigenvalue weighted by Gasteiger charge is 1.99. The van der Waals surface area contributed by atoms with Crippen molar-refractivity contribution < 1.29 is 4.84 Å². The van der Waals surface area contributed by atoms with Gasteiger partial charge in [0.25, 0.3) is 0 Å². The second kappa shape index (κ2) is 5.65. The van der Waals surface area contributed by atoms with Crippen molar-refractivity contribution in [2.24, 2.45) is 0 Å². The minimum absolute atomic E-state index is 0.0578. The summed E-state index contributed by atoms with van der Waals surface area (Å²) in [7, 11) is 1.36. The average Bonchev–Trinajstić information content (AvgIpc) is 1.82. The van der Waals surface area contributed by atoms with Gasteiger partial charge in [0.05, 0.1) is 6.10 Å². The molecule has 3 nitrogen and oxygen atoms in total. The quantitative estimate of drug-likeness (QED) is 0.556. The van der Waals surface area contributed by atoms with Crippen LogP contribution in [0.25, 0.3) is 0 Å². The van der Waals surface area contributed by atoms with E-state index in [9.17, 15) is 5.21 Å². The van der Waals surface area contributed by atoms with Crippen molar-refractivity contribution in [2.45, 2.75) is 39.2 Å². The summed E-state index contributed by atoms with van der Waals surface area (Å²) in [5, 5.41) is 10.8. The van der Waals surface area contributed by atoms with E-state index in [1.807, 2.05) is 6.92 Å². The van der Waals surface area contributed by atoms with Crippen molar-refractivity contribution in [3.63, 3.8) is 0 Å². The molecule has 62 valence electrons. The summed E-state index contributed by atoms with van der Waals surface area (Å²) < 4.78 is 0. The average molecular weight is 146 g/mol. The monoisotopic (exact) mass is 146 g/mol. The summed E-state index contributed by atoms with van der Waals surface area (Å²) in [6.45, 7) is 4.03. The third-order valence-electron chi connectivity index (χ3n) is 1.29. The zero-order valence-electron chi connectivity index (χ0n) is 6.96. The largest absolute Gasteiger partial charge is 0.762 e. The molecule has 0 aromatic heterocycles. The molecule has 0 fully saturated rings. The molecule has 0 saturated carbocycles. The Bertz CT molecular complexity index is 76.0. The summed E-state index contributed by atoms with van der Waals surface area (Å²) in [6.07, 6.45) is 3.29. The first-order valence-corrected chi connectivity index (χ1v) is 3.74. The lowest BCUT2D eigenvalue weighted by atomic mass is 10.2. The highest BCUT2D eigenvalue weighted by Crippen LogP contribution is 2.04. The van der Waals surface area contributed by atoms with E-state index in [1.54, 1.807) is 0 Å². The molecule has 0 N–H and O–H groups in total. The van der Waals surface area contributed by atoms with Gasteiger partial charge in [-0.2, -0.15) is 0 Å². The van der Waals surface area contributed by atoms with Crippen LogP contribution in [0.5, 0.6) is 0 Å². The Labute approximate surface area is 62.5 Å². The molecule has 0 saturated heterocycles. The minimum Gasteiger partial charge on any atom is -0.762 e. The fourth-order valence-corrected chi connectivity index (χ4v) is 0.798. The van der Waals surface area contributed by atoms with E-state index < -0.39 is 0 Å². The number of unbranched alkanes of at least 4 members (excludes halogenated alkanes) is 1. The van der Waals surface area contributed by atoms with Crippen molar-refractivity contribution in [2.75, 3.05) is 7.05 Å². The molecule has 1 atom stereocenters. The number of rotatable bonds is 5. The van der Waals surface area contributed by atoms with Gasteiger partial charge in [-0.3, -0.25) is 5.23 Å². The molecule has 0 aromatic rings. The Morgan fingerprint density at radius 1 is 1.60 bits per heavy atom. The lowest BCUT2D eigenvalue weighted by molar-refractivity contribution is -0.143. The predicted molar refractivity (Wildman–Crippen MR) is 41.2 cm³/mol. The molecule has 0 bridgehead atoms. The smallest absolute Gasteiger partial charge is 0.0753 e. The molecule has 0 amide bonds. The number of hydroxylamine groups is 2. The topological polar surface area (TPSA) is 35.5 Å². The lowest BCUT2D eigenvalue weighted by Gasteiger charge is -2.25. The van der Waals surface area contributed by atoms with E-state index in [-0.39, 0.29) is 6.10 Å². The van der Waals surface area contributed by atoms with Crippen molar-refractivity contribution in [3.05, 3.63) is 5.21 Å². The Kier molecular flexibility index (Phi) is 5.58. The second-order valence-electron chi connectivity index (χ2n) is 2.50. The first kappa shape index (κ1) is 9.88. The van der Waals surface area contributed by atoms with Gasteiger partial charge in [0.1, 0.15) is 0 Å². The normalized spacial score (nSPS) is 14.1. The van der Waals surface area contributed by atoms with Crippen LogP contribution in [0.3, 0.4) is 0 Å². The fourth-order valence-electron chi connectivity index (χ4n) is 0.798. The molecule has 0 aliphatic carbocycles. The molecule has 0 spiro atoms. The van der Waals surface area contributed by atoms with Crippen LogP contribution in [-0.2, 0) is 4.84 Å². The molecule has 0 heterocycles. The number of hydrogen-bond acceptors (Lipinski definition) is 3. The summed E-state index contributed by atoms with van der Waals surface area (Å²) in [4.78, 5) is 4.83. The Morgan fingerprint density at radius 3 is 2.60 bits per heavy atom. The molecular formula is C7H16NO2-. The third kappa shape index (κ3) is 6.01. The summed E-state index contributed by atoms with van der Waals surface area (Å²) in [5.41, 5.74) is 0. The van der Waals surface area contributed by atoms with E-state index in [2.05, 4.69) is 6.92 Å². The van der Waals surface area contributed by atoms with Crippen LogP contribution in [0.15, 0.2) is 0 Å². The highest BCUT2D eigenvalue weighted by molar-refractivity contribution is 4.48. The molecule has 0 aliphatic heterocycles. The van der Waals surface area contributed by atoms with Crippen molar-refractivity contribution in [1.29, 1.82) is 0 Å². The Balaban J connectivity index is 3.16. The summed E-state index contributed by atoms with van der Waals surface area (Å²) >= 11 is 0. The predicted octanol–water partition coefficient (Wildman–Crippen LogP) is 1.93. The highest BCUT2D eigenvalue weighted by atomic mass is 16.9. The summed E-state index contributed by atoms with van der Waals surface area (Å²) in [6, 6.07) is 0. The van der Waals surface area contributed by atoms with Gasteiger partial charge in [-0.15, -0.1) is 0 Å². The Morgan fingerprint density at radius 2 is 2.20 bits per heavy atom. The van der Waals surface area contributed by atoms with Crippen molar-refractivity contribution in [1.82, 2.24) is 5.23 Å². The molecule has 0 aromatic carbocycles. The van der Waals surface area contributed by atoms with Gasteiger partial charge in [0.2, 0.25) is 0 Å². The van der Waals surface area contributed by atoms with Gasteiger partial charge in [-0.25, -0.2) is 0 Å². The molecular weight excluding hydrogens is 130 g/mol. The standard InChI is InChI=1S/C7H16NO2/c1-4-5-6-7(2)10-8(3)9/h7H,4-6H2,1-3H3/q-1/t7-/m1/s1. The van der Waals surface area contributed by atoms with E-state index in [0.29, 0.717) is 5.23 Å². The lowest BCUT2D eigenvalue weighted by Crippen LogP contribution is -2.18. The first-order valence-electron chi connectivity index (χ1n) is 3.74. The van der Waals surface area contributed by atoms with Gasteiger partial charge in [0, 0.05) is 0 Å². The molecule has 0 aliphatic rings. The van der Waals surface area contributed by atoms with Gasteiger partial charge in [-0.05, 0) is 20.4 Å². The second-order valence-corrected chi connectivity index (χ2v) is 2.50. The number of hydrogen-bond donors (Lipinski definition) is 0. The van der Waals surface area contributed by atoms with Crippen LogP contribution in [0.2, 0.25) is 0 Å². The van der Waals surface area contributed by atoms with Gasteiger partial charge >= 0.3 is 0 Å². The molecule has 0 rings (SSSR count). The van der Waals surface area contributed by atoms with E-state index in [1.165, 1.54) is 7.05 Å². The van der Waals surface area contributed by atoms with Gasteiger partial charge in [-0.1, -0.05) is 19.8 Å². The van der Waals surface area contributed by atoms with Crippen LogP contribution in [0, 0.1) is 5.21 Å². The maximum Gasteiger partial charge on any atom is 0.0753 e. The maximum atomic E-state index is 10.3. The van der Waals surface area contributed by atoms with Gasteiger partial charge < -0.3 is 10.0 Å². The zero-order valence-corrected chi connectivity index (χ0v) is 6.96. The van der Waals surface area contributed by atoms with Crippen LogP contribution in [0.1, 0.15) is 33.1 Å². The Hall–Kier alpha value is -0.120. The molecule has 0 radical (unpaired) electrons. The van der Waals surface area contributed by atoms with E-state index >= 15 is 0 Å². The minimum atomic E-state index is 0.0578. The number of nitrogens with zero attached hydrogens (tertiary/aromatic N) is 1. The first-order chi connectivity index (χ1) is 4.66. The molecule has 10 heavy (non-hydrogen) atoms. The molecule has 3 heteroatoms. The van der Waals surface area contributed by atoms with E-state index in [4.69, 9.17) is 4.84 Å². The van der Waals surface area contributed by atoms with Crippen LogP contribution in [-0.4, -0.2) is 18.4 Å². The summed E-state index contributed by atoms with van der Waals surface area (Å²) in [5.74, 6) is 0. The zero-order chi connectivity index (χ0) is 7.98. The van der Waals surface area contributed by atoms with Crippen LogP contribution in [0.4, 0.5) is 0 Å². The maximum absolute atomic E-state index is 10.3. The third-order valence-corrected chi connectivity index (χ3v) is 1.29. The van der Waals surface area contributed by atoms with Gasteiger partial charge in [0.15, 0.2) is 0 Å². The van der Waals surface area contributed by atoms with Crippen molar-refractivity contribution in [3.8, 4) is 0 Å². The SMILES string of the molecule is CCCC[C@@H](C)ON(C)[O-]. The van der Waals surface area contributed by atoms with E-state index in [0.717, 1.165) is 19.3 Å². The van der Waals surface area contributed by atoms with Crippen LogP contribution >= 0.6 is 0 Å². The van der Waals surface area contributed by atoms with Crippen molar-refractivity contribution >= 4 is 0 Å². The van der Waals surface area contributed by atoms with Crippen LogP contribution < -0.4 is 0 Å².